The second-order valence-electron chi connectivity index (χ2n) is 5.12. The van der Waals surface area contributed by atoms with Crippen molar-refractivity contribution < 1.29 is 9.53 Å². The van der Waals surface area contributed by atoms with E-state index in [1.165, 1.54) is 0 Å². The van der Waals surface area contributed by atoms with Crippen LogP contribution in [0, 0.1) is 0 Å². The van der Waals surface area contributed by atoms with Crippen LogP contribution in [0.3, 0.4) is 0 Å². The predicted molar refractivity (Wildman–Crippen MR) is 101 cm³/mol. The number of hydrogen-bond donors (Lipinski definition) is 2. The van der Waals surface area contributed by atoms with E-state index in [1.54, 1.807) is 19.1 Å². The van der Waals surface area contributed by atoms with Gasteiger partial charge in [0.05, 0.1) is 5.02 Å². The summed E-state index contributed by atoms with van der Waals surface area (Å²) in [6.07, 6.45) is -0.651. The molecule has 0 aliphatic rings. The lowest BCUT2D eigenvalue weighted by Crippen LogP contribution is -2.30. The summed E-state index contributed by atoms with van der Waals surface area (Å²) in [5.41, 5.74) is 1.82. The monoisotopic (exact) mass is 368 g/mol. The largest absolute Gasteiger partial charge is 0.479 e. The van der Waals surface area contributed by atoms with Crippen molar-refractivity contribution in [3.05, 3.63) is 59.1 Å². The number of hydrogen-bond acceptors (Lipinski definition) is 3. The van der Waals surface area contributed by atoms with Crippen molar-refractivity contribution in [2.75, 3.05) is 11.9 Å². The third-order valence-electron chi connectivity index (χ3n) is 3.35. The number of benzene rings is 2. The molecule has 2 aromatic carbocycles. The summed E-state index contributed by atoms with van der Waals surface area (Å²) in [5.74, 6) is 0.284. The van der Waals surface area contributed by atoms with Crippen molar-refractivity contribution in [3.63, 3.8) is 0 Å². The molecule has 2 rings (SSSR count). The van der Waals surface area contributed by atoms with Gasteiger partial charge >= 0.3 is 0 Å². The zero-order valence-electron chi connectivity index (χ0n) is 13.7. The molecule has 2 N–H and O–H groups in total. The Morgan fingerprint density at radius 3 is 2.54 bits per heavy atom. The normalized spacial score (nSPS) is 11.3. The highest BCUT2D eigenvalue weighted by atomic mass is 35.5. The summed E-state index contributed by atoms with van der Waals surface area (Å²) < 4.78 is 5.64. The second-order valence-corrected chi connectivity index (χ2v) is 5.52. The SMILES string of the molecule is CCNCc1ccccc1NC(=O)C(C)Oc1ccccc1Cl.Cl. The summed E-state index contributed by atoms with van der Waals surface area (Å²) in [4.78, 5) is 12.4. The first kappa shape index (κ1) is 20.3. The first-order chi connectivity index (χ1) is 11.1. The van der Waals surface area contributed by atoms with Gasteiger partial charge in [0, 0.05) is 12.2 Å². The number of anilines is 1. The van der Waals surface area contributed by atoms with Crippen LogP contribution in [-0.4, -0.2) is 18.6 Å². The van der Waals surface area contributed by atoms with Gasteiger partial charge in [-0.2, -0.15) is 0 Å². The van der Waals surface area contributed by atoms with E-state index in [9.17, 15) is 4.79 Å². The summed E-state index contributed by atoms with van der Waals surface area (Å²) in [7, 11) is 0. The molecule has 0 bridgehead atoms. The molecule has 0 saturated carbocycles. The molecule has 1 unspecified atom stereocenters. The standard InChI is InChI=1S/C18H21ClN2O2.ClH/c1-3-20-12-14-8-4-6-10-16(14)21-18(22)13(2)23-17-11-7-5-9-15(17)19;/h4-11,13,20H,3,12H2,1-2H3,(H,21,22);1H. The number of ether oxygens (including phenoxy) is 1. The lowest BCUT2D eigenvalue weighted by molar-refractivity contribution is -0.122. The topological polar surface area (TPSA) is 50.4 Å². The van der Waals surface area contributed by atoms with Gasteiger partial charge in [0.1, 0.15) is 5.75 Å². The Hall–Kier alpha value is -1.75. The molecule has 1 atom stereocenters. The highest BCUT2D eigenvalue weighted by Gasteiger charge is 2.17. The minimum Gasteiger partial charge on any atom is -0.479 e. The van der Waals surface area contributed by atoms with E-state index in [1.807, 2.05) is 43.3 Å². The number of amides is 1. The molecule has 6 heteroatoms. The van der Waals surface area contributed by atoms with Crippen LogP contribution in [0.15, 0.2) is 48.5 Å². The molecular formula is C18H22Cl2N2O2. The third-order valence-corrected chi connectivity index (χ3v) is 3.66. The summed E-state index contributed by atoms with van der Waals surface area (Å²) >= 11 is 6.05. The number of nitrogens with one attached hydrogen (secondary N) is 2. The average Bonchev–Trinajstić information content (AvgIpc) is 2.56. The van der Waals surface area contributed by atoms with Crippen LogP contribution < -0.4 is 15.4 Å². The number of carbonyl (C=O) groups is 1. The Morgan fingerprint density at radius 2 is 1.83 bits per heavy atom. The van der Waals surface area contributed by atoms with Gasteiger partial charge in [0.15, 0.2) is 6.10 Å². The van der Waals surface area contributed by atoms with Gasteiger partial charge in [0.25, 0.3) is 5.91 Å². The van der Waals surface area contributed by atoms with Crippen molar-refractivity contribution in [1.82, 2.24) is 5.32 Å². The fourth-order valence-electron chi connectivity index (χ4n) is 2.07. The van der Waals surface area contributed by atoms with Gasteiger partial charge in [-0.05, 0) is 37.2 Å². The fourth-order valence-corrected chi connectivity index (χ4v) is 2.25. The summed E-state index contributed by atoms with van der Waals surface area (Å²) in [6, 6.07) is 14.8. The van der Waals surface area contributed by atoms with E-state index in [-0.39, 0.29) is 18.3 Å². The highest BCUT2D eigenvalue weighted by Crippen LogP contribution is 2.24. The molecule has 0 aliphatic carbocycles. The lowest BCUT2D eigenvalue weighted by Gasteiger charge is -2.17. The molecule has 0 fully saturated rings. The average molecular weight is 369 g/mol. The Bertz CT molecular complexity index is 665. The first-order valence-electron chi connectivity index (χ1n) is 7.62. The van der Waals surface area contributed by atoms with E-state index in [4.69, 9.17) is 16.3 Å². The van der Waals surface area contributed by atoms with E-state index >= 15 is 0 Å². The van der Waals surface area contributed by atoms with Gasteiger partial charge in [-0.25, -0.2) is 0 Å². The van der Waals surface area contributed by atoms with Crippen molar-refractivity contribution in [2.24, 2.45) is 0 Å². The molecule has 4 nitrogen and oxygen atoms in total. The van der Waals surface area contributed by atoms with Crippen LogP contribution in [0.1, 0.15) is 19.4 Å². The van der Waals surface area contributed by atoms with Gasteiger partial charge < -0.3 is 15.4 Å². The maximum Gasteiger partial charge on any atom is 0.265 e. The molecule has 0 radical (unpaired) electrons. The smallest absolute Gasteiger partial charge is 0.265 e. The van der Waals surface area contributed by atoms with E-state index in [2.05, 4.69) is 10.6 Å². The van der Waals surface area contributed by atoms with E-state index in [0.717, 1.165) is 17.8 Å². The molecule has 1 amide bonds. The van der Waals surface area contributed by atoms with Crippen LogP contribution in [0.4, 0.5) is 5.69 Å². The number of halogens is 2. The Kier molecular flexibility index (Phi) is 8.61. The number of rotatable bonds is 7. The van der Waals surface area contributed by atoms with Gasteiger partial charge in [-0.15, -0.1) is 12.4 Å². The van der Waals surface area contributed by atoms with E-state index in [0.29, 0.717) is 17.3 Å². The highest BCUT2D eigenvalue weighted by molar-refractivity contribution is 6.32. The Morgan fingerprint density at radius 1 is 1.17 bits per heavy atom. The van der Waals surface area contributed by atoms with Crippen LogP contribution in [-0.2, 0) is 11.3 Å². The third kappa shape index (κ3) is 5.71. The molecule has 0 heterocycles. The Balaban J connectivity index is 0.00000288. The number of para-hydroxylation sites is 2. The summed E-state index contributed by atoms with van der Waals surface area (Å²) in [6.45, 7) is 5.31. The number of carbonyl (C=O) groups excluding carboxylic acids is 1. The quantitative estimate of drug-likeness (QED) is 0.766. The van der Waals surface area contributed by atoms with Crippen LogP contribution in [0.5, 0.6) is 5.75 Å². The van der Waals surface area contributed by atoms with Gasteiger partial charge in [-0.3, -0.25) is 4.79 Å². The zero-order chi connectivity index (χ0) is 16.7. The second kappa shape index (κ2) is 10.2. The van der Waals surface area contributed by atoms with Gasteiger partial charge in [0.2, 0.25) is 0 Å². The first-order valence-corrected chi connectivity index (χ1v) is 8.00. The van der Waals surface area contributed by atoms with E-state index < -0.39 is 6.10 Å². The molecule has 2 aromatic rings. The minimum absolute atomic E-state index is 0. The maximum absolute atomic E-state index is 12.4. The van der Waals surface area contributed by atoms with Crippen molar-refractivity contribution in [2.45, 2.75) is 26.5 Å². The van der Waals surface area contributed by atoms with Gasteiger partial charge in [-0.1, -0.05) is 48.9 Å². The molecule has 130 valence electrons. The summed E-state index contributed by atoms with van der Waals surface area (Å²) in [5, 5.41) is 6.65. The maximum atomic E-state index is 12.4. The van der Waals surface area contributed by atoms with Crippen LogP contribution >= 0.6 is 24.0 Å². The fraction of sp³-hybridized carbons (Fsp3) is 0.278. The van der Waals surface area contributed by atoms with Crippen molar-refractivity contribution >= 4 is 35.6 Å². The van der Waals surface area contributed by atoms with Crippen LogP contribution in [0.25, 0.3) is 0 Å². The molecule has 0 aromatic heterocycles. The zero-order valence-corrected chi connectivity index (χ0v) is 15.3. The molecule has 24 heavy (non-hydrogen) atoms. The van der Waals surface area contributed by atoms with Crippen molar-refractivity contribution in [1.29, 1.82) is 0 Å². The minimum atomic E-state index is -0.651. The molecule has 0 spiro atoms. The van der Waals surface area contributed by atoms with Crippen molar-refractivity contribution in [3.8, 4) is 5.75 Å². The molecule has 0 aliphatic heterocycles. The lowest BCUT2D eigenvalue weighted by atomic mass is 10.1. The Labute approximate surface area is 154 Å². The predicted octanol–water partition coefficient (Wildman–Crippen LogP) is 4.28. The molecule has 0 saturated heterocycles. The van der Waals surface area contributed by atoms with Crippen LogP contribution in [0.2, 0.25) is 5.02 Å². The molecular weight excluding hydrogens is 347 g/mol.